The number of nitrogens with one attached hydrogen (secondary N) is 1. The van der Waals surface area contributed by atoms with Crippen LogP contribution in [0.4, 0.5) is 10.1 Å². The molecule has 3 N–H and O–H groups in total. The Kier molecular flexibility index (Phi) is 6.58. The fourth-order valence-corrected chi connectivity index (χ4v) is 2.31. The van der Waals surface area contributed by atoms with E-state index in [-0.39, 0.29) is 30.6 Å². The molecule has 2 aromatic rings. The second kappa shape index (κ2) is 7.97. The number of amides is 1. The van der Waals surface area contributed by atoms with Gasteiger partial charge in [0.25, 0.3) is 0 Å². The van der Waals surface area contributed by atoms with Crippen LogP contribution in [0.25, 0.3) is 0 Å². The average molecular weight is 337 g/mol. The third-order valence-corrected chi connectivity index (χ3v) is 3.67. The van der Waals surface area contributed by atoms with Crippen LogP contribution in [0.5, 0.6) is 0 Å². The Morgan fingerprint density at radius 2 is 1.74 bits per heavy atom. The summed E-state index contributed by atoms with van der Waals surface area (Å²) in [5.41, 5.74) is 7.32. The third-order valence-electron chi connectivity index (χ3n) is 3.67. The molecule has 0 unspecified atom stereocenters. The SMILES string of the molecule is CC(C)(CNC(=O)Cc1ccc(N)cc1)c1ccccc1F.Cl. The minimum absolute atomic E-state index is 0. The zero-order chi connectivity index (χ0) is 16.2. The van der Waals surface area contributed by atoms with Gasteiger partial charge in [-0.3, -0.25) is 4.79 Å². The van der Waals surface area contributed by atoms with Crippen molar-refractivity contribution in [3.63, 3.8) is 0 Å². The number of hydrogen-bond donors (Lipinski definition) is 2. The van der Waals surface area contributed by atoms with Crippen LogP contribution >= 0.6 is 12.4 Å². The average Bonchev–Trinajstić information content (AvgIpc) is 2.48. The number of hydrogen-bond acceptors (Lipinski definition) is 2. The molecule has 0 aromatic heterocycles. The molecule has 0 heterocycles. The number of nitrogen functional groups attached to an aromatic ring is 1. The predicted molar refractivity (Wildman–Crippen MR) is 94.2 cm³/mol. The van der Waals surface area contributed by atoms with Crippen LogP contribution in [0.15, 0.2) is 48.5 Å². The van der Waals surface area contributed by atoms with Crippen molar-refractivity contribution >= 4 is 24.0 Å². The van der Waals surface area contributed by atoms with Crippen molar-refractivity contribution in [1.29, 1.82) is 0 Å². The first-order chi connectivity index (χ1) is 10.4. The van der Waals surface area contributed by atoms with Gasteiger partial charge in [-0.1, -0.05) is 44.2 Å². The molecule has 0 radical (unpaired) electrons. The molecule has 0 atom stereocenters. The quantitative estimate of drug-likeness (QED) is 0.821. The highest BCUT2D eigenvalue weighted by Crippen LogP contribution is 2.24. The number of nitrogens with two attached hydrogens (primary N) is 1. The Morgan fingerprint density at radius 3 is 2.35 bits per heavy atom. The topological polar surface area (TPSA) is 55.1 Å². The number of rotatable bonds is 5. The van der Waals surface area contributed by atoms with Gasteiger partial charge in [0.1, 0.15) is 5.82 Å². The van der Waals surface area contributed by atoms with E-state index in [9.17, 15) is 9.18 Å². The van der Waals surface area contributed by atoms with Gasteiger partial charge in [-0.25, -0.2) is 4.39 Å². The van der Waals surface area contributed by atoms with Crippen molar-refractivity contribution in [3.8, 4) is 0 Å². The van der Waals surface area contributed by atoms with Crippen molar-refractivity contribution in [3.05, 3.63) is 65.5 Å². The molecule has 0 aliphatic heterocycles. The lowest BCUT2D eigenvalue weighted by Gasteiger charge is -2.26. The van der Waals surface area contributed by atoms with Gasteiger partial charge in [0.2, 0.25) is 5.91 Å². The fraction of sp³-hybridized carbons (Fsp3) is 0.278. The van der Waals surface area contributed by atoms with E-state index in [1.165, 1.54) is 6.07 Å². The molecule has 124 valence electrons. The Balaban J connectivity index is 0.00000264. The molecule has 2 rings (SSSR count). The van der Waals surface area contributed by atoms with Gasteiger partial charge in [-0.15, -0.1) is 12.4 Å². The monoisotopic (exact) mass is 336 g/mol. The van der Waals surface area contributed by atoms with Gasteiger partial charge in [0.05, 0.1) is 6.42 Å². The maximum Gasteiger partial charge on any atom is 0.224 e. The molecule has 0 bridgehead atoms. The van der Waals surface area contributed by atoms with Crippen LogP contribution in [0.2, 0.25) is 0 Å². The standard InChI is InChI=1S/C18H21FN2O.ClH/c1-18(2,15-5-3-4-6-16(15)19)12-21-17(22)11-13-7-9-14(20)10-8-13;/h3-10H,11-12,20H2,1-2H3,(H,21,22);1H. The van der Waals surface area contributed by atoms with Crippen LogP contribution < -0.4 is 11.1 Å². The number of anilines is 1. The molecule has 0 spiro atoms. The smallest absolute Gasteiger partial charge is 0.224 e. The molecule has 23 heavy (non-hydrogen) atoms. The van der Waals surface area contributed by atoms with Crippen molar-refractivity contribution in [1.82, 2.24) is 5.32 Å². The van der Waals surface area contributed by atoms with Gasteiger partial charge in [0, 0.05) is 17.6 Å². The Bertz CT molecular complexity index is 656. The zero-order valence-corrected chi connectivity index (χ0v) is 14.1. The Hall–Kier alpha value is -2.07. The molecule has 1 amide bonds. The summed E-state index contributed by atoms with van der Waals surface area (Å²) in [6.07, 6.45) is 0.285. The molecule has 0 aliphatic rings. The van der Waals surface area contributed by atoms with E-state index in [0.29, 0.717) is 17.8 Å². The normalized spacial score (nSPS) is 10.7. The van der Waals surface area contributed by atoms with Crippen LogP contribution in [-0.2, 0) is 16.6 Å². The van der Waals surface area contributed by atoms with E-state index in [1.807, 2.05) is 26.0 Å². The first-order valence-corrected chi connectivity index (χ1v) is 7.24. The summed E-state index contributed by atoms with van der Waals surface area (Å²) < 4.78 is 13.9. The largest absolute Gasteiger partial charge is 0.399 e. The summed E-state index contributed by atoms with van der Waals surface area (Å²) in [5.74, 6) is -0.338. The van der Waals surface area contributed by atoms with E-state index in [0.717, 1.165) is 5.56 Å². The highest BCUT2D eigenvalue weighted by atomic mass is 35.5. The van der Waals surface area contributed by atoms with Gasteiger partial charge >= 0.3 is 0 Å². The first-order valence-electron chi connectivity index (χ1n) is 7.24. The number of carbonyl (C=O) groups is 1. The highest BCUT2D eigenvalue weighted by Gasteiger charge is 2.24. The highest BCUT2D eigenvalue weighted by molar-refractivity contribution is 5.85. The fourth-order valence-electron chi connectivity index (χ4n) is 2.31. The van der Waals surface area contributed by atoms with E-state index in [1.54, 1.807) is 30.3 Å². The van der Waals surface area contributed by atoms with Crippen LogP contribution in [0, 0.1) is 5.82 Å². The number of carbonyl (C=O) groups excluding carboxylic acids is 1. The maximum absolute atomic E-state index is 13.9. The second-order valence-electron chi connectivity index (χ2n) is 6.06. The van der Waals surface area contributed by atoms with Gasteiger partial charge < -0.3 is 11.1 Å². The summed E-state index contributed by atoms with van der Waals surface area (Å²) in [6.45, 7) is 4.20. The summed E-state index contributed by atoms with van der Waals surface area (Å²) in [4.78, 5) is 12.0. The van der Waals surface area contributed by atoms with E-state index >= 15 is 0 Å². The Labute approximate surface area is 142 Å². The summed E-state index contributed by atoms with van der Waals surface area (Å²) in [5, 5.41) is 2.87. The van der Waals surface area contributed by atoms with E-state index < -0.39 is 5.41 Å². The predicted octanol–water partition coefficient (Wildman–Crippen LogP) is 3.47. The molecular formula is C18H22ClFN2O. The van der Waals surface area contributed by atoms with Crippen LogP contribution in [0.1, 0.15) is 25.0 Å². The number of benzene rings is 2. The first kappa shape index (κ1) is 19.0. The lowest BCUT2D eigenvalue weighted by molar-refractivity contribution is -0.120. The molecule has 0 saturated heterocycles. The van der Waals surface area contributed by atoms with E-state index in [4.69, 9.17) is 5.73 Å². The lowest BCUT2D eigenvalue weighted by atomic mass is 9.84. The molecular weight excluding hydrogens is 315 g/mol. The molecule has 0 fully saturated rings. The van der Waals surface area contributed by atoms with Crippen LogP contribution in [-0.4, -0.2) is 12.5 Å². The second-order valence-corrected chi connectivity index (χ2v) is 6.06. The van der Waals surface area contributed by atoms with Crippen molar-refractivity contribution in [2.75, 3.05) is 12.3 Å². The Morgan fingerprint density at radius 1 is 1.13 bits per heavy atom. The number of halogens is 2. The van der Waals surface area contributed by atoms with Crippen LogP contribution in [0.3, 0.4) is 0 Å². The summed E-state index contributed by atoms with van der Waals surface area (Å²) in [6, 6.07) is 13.9. The minimum Gasteiger partial charge on any atom is -0.399 e. The minimum atomic E-state index is -0.470. The van der Waals surface area contributed by atoms with Crippen molar-refractivity contribution in [2.45, 2.75) is 25.7 Å². The zero-order valence-electron chi connectivity index (χ0n) is 13.3. The molecule has 0 aliphatic carbocycles. The summed E-state index contributed by atoms with van der Waals surface area (Å²) >= 11 is 0. The molecule has 5 heteroatoms. The lowest BCUT2D eigenvalue weighted by Crippen LogP contribution is -2.37. The molecule has 3 nitrogen and oxygen atoms in total. The van der Waals surface area contributed by atoms with Crippen molar-refractivity contribution < 1.29 is 9.18 Å². The van der Waals surface area contributed by atoms with Crippen molar-refractivity contribution in [2.24, 2.45) is 0 Å². The van der Waals surface area contributed by atoms with Gasteiger partial charge in [-0.2, -0.15) is 0 Å². The molecule has 2 aromatic carbocycles. The van der Waals surface area contributed by atoms with E-state index in [2.05, 4.69) is 5.32 Å². The molecule has 0 saturated carbocycles. The summed E-state index contributed by atoms with van der Waals surface area (Å²) in [7, 11) is 0. The van der Waals surface area contributed by atoms with Gasteiger partial charge in [-0.05, 0) is 29.3 Å². The maximum atomic E-state index is 13.9. The third kappa shape index (κ3) is 5.25. The van der Waals surface area contributed by atoms with Gasteiger partial charge in [0.15, 0.2) is 0 Å².